The number of carbonyl (C=O) groups excluding carboxylic acids is 2. The van der Waals surface area contributed by atoms with Crippen LogP contribution in [0.5, 0.6) is 0 Å². The van der Waals surface area contributed by atoms with Crippen LogP contribution >= 0.6 is 0 Å². The number of hydrogen-bond donors (Lipinski definition) is 1. The Morgan fingerprint density at radius 3 is 2.53 bits per heavy atom. The second kappa shape index (κ2) is 9.13. The van der Waals surface area contributed by atoms with E-state index in [0.29, 0.717) is 19.3 Å². The molecule has 164 valence electrons. The summed E-state index contributed by atoms with van der Waals surface area (Å²) in [5, 5.41) is 5.56. The Kier molecular flexibility index (Phi) is 5.91. The van der Waals surface area contributed by atoms with Gasteiger partial charge in [0, 0.05) is 50.7 Å². The van der Waals surface area contributed by atoms with E-state index in [1.165, 1.54) is 16.3 Å². The quantitative estimate of drug-likeness (QED) is 0.668. The van der Waals surface area contributed by atoms with E-state index >= 15 is 0 Å². The van der Waals surface area contributed by atoms with Crippen LogP contribution in [0.25, 0.3) is 10.8 Å². The van der Waals surface area contributed by atoms with Gasteiger partial charge < -0.3 is 10.2 Å². The summed E-state index contributed by atoms with van der Waals surface area (Å²) < 4.78 is 0. The Balaban J connectivity index is 1.12. The lowest BCUT2D eigenvalue weighted by atomic mass is 9.89. The first-order valence-corrected chi connectivity index (χ1v) is 11.5. The van der Waals surface area contributed by atoms with Crippen LogP contribution in [-0.4, -0.2) is 47.8 Å². The van der Waals surface area contributed by atoms with Gasteiger partial charge in [0.25, 0.3) is 0 Å². The molecule has 0 saturated carbocycles. The van der Waals surface area contributed by atoms with Crippen LogP contribution in [0.15, 0.2) is 66.7 Å². The molecule has 1 unspecified atom stereocenters. The van der Waals surface area contributed by atoms with Crippen LogP contribution in [0.4, 0.5) is 5.69 Å². The molecule has 1 fully saturated rings. The largest absolute Gasteiger partial charge is 0.340 e. The highest BCUT2D eigenvalue weighted by atomic mass is 16.2. The minimum absolute atomic E-state index is 0.0383. The maximum atomic E-state index is 12.8. The van der Waals surface area contributed by atoms with Crippen molar-refractivity contribution in [2.75, 3.05) is 31.5 Å². The molecule has 1 atom stereocenters. The fourth-order valence-corrected chi connectivity index (χ4v) is 4.93. The van der Waals surface area contributed by atoms with Crippen molar-refractivity contribution in [1.29, 1.82) is 0 Å². The molecule has 0 radical (unpaired) electrons. The highest BCUT2D eigenvalue weighted by Crippen LogP contribution is 2.28. The van der Waals surface area contributed by atoms with Gasteiger partial charge in [-0.05, 0) is 40.8 Å². The summed E-state index contributed by atoms with van der Waals surface area (Å²) in [7, 11) is 0. The molecule has 5 rings (SSSR count). The Bertz CT molecular complexity index is 1130. The molecule has 1 N–H and O–H groups in total. The van der Waals surface area contributed by atoms with Gasteiger partial charge in [0.1, 0.15) is 0 Å². The zero-order valence-electron chi connectivity index (χ0n) is 18.3. The average molecular weight is 428 g/mol. The number of anilines is 1. The van der Waals surface area contributed by atoms with Gasteiger partial charge in [0.05, 0.1) is 0 Å². The van der Waals surface area contributed by atoms with E-state index in [0.717, 1.165) is 44.0 Å². The number of nitrogens with one attached hydrogen (secondary N) is 1. The molecule has 2 heterocycles. The minimum Gasteiger partial charge on any atom is -0.340 e. The summed E-state index contributed by atoms with van der Waals surface area (Å²) in [6.07, 6.45) is 1.76. The van der Waals surface area contributed by atoms with Crippen LogP contribution in [-0.2, 0) is 22.6 Å². The van der Waals surface area contributed by atoms with Gasteiger partial charge in [0.15, 0.2) is 0 Å². The van der Waals surface area contributed by atoms with Gasteiger partial charge in [-0.25, -0.2) is 0 Å². The molecule has 0 aromatic heterocycles. The third kappa shape index (κ3) is 4.39. The van der Waals surface area contributed by atoms with Gasteiger partial charge in [-0.3, -0.25) is 14.5 Å². The van der Waals surface area contributed by atoms with E-state index in [9.17, 15) is 9.59 Å². The molecule has 2 amide bonds. The molecule has 0 spiro atoms. The number of piperazine rings is 1. The van der Waals surface area contributed by atoms with E-state index in [1.54, 1.807) is 0 Å². The van der Waals surface area contributed by atoms with E-state index in [-0.39, 0.29) is 17.7 Å². The van der Waals surface area contributed by atoms with Gasteiger partial charge in [-0.15, -0.1) is 0 Å². The first-order chi connectivity index (χ1) is 15.7. The molecule has 0 aliphatic carbocycles. The summed E-state index contributed by atoms with van der Waals surface area (Å²) in [5.41, 5.74) is 3.40. The van der Waals surface area contributed by atoms with Crippen molar-refractivity contribution < 1.29 is 9.59 Å². The van der Waals surface area contributed by atoms with Crippen LogP contribution in [0.3, 0.4) is 0 Å². The Hall–Kier alpha value is -3.18. The molecule has 2 aliphatic rings. The van der Waals surface area contributed by atoms with Crippen molar-refractivity contribution in [3.63, 3.8) is 0 Å². The molecular formula is C27H29N3O2. The predicted octanol–water partition coefficient (Wildman–Crippen LogP) is 4.08. The topological polar surface area (TPSA) is 52.7 Å². The summed E-state index contributed by atoms with van der Waals surface area (Å²) in [4.78, 5) is 29.6. The normalized spacial score (nSPS) is 18.9. The minimum atomic E-state index is -0.124. The number of carbonyl (C=O) groups is 2. The first-order valence-electron chi connectivity index (χ1n) is 11.5. The van der Waals surface area contributed by atoms with E-state index in [4.69, 9.17) is 0 Å². The third-order valence-electron chi connectivity index (χ3n) is 6.82. The van der Waals surface area contributed by atoms with Crippen LogP contribution in [0.1, 0.15) is 24.0 Å². The summed E-state index contributed by atoms with van der Waals surface area (Å²) in [6, 6.07) is 22.9. The lowest BCUT2D eigenvalue weighted by Gasteiger charge is -2.35. The first kappa shape index (κ1) is 20.7. The van der Waals surface area contributed by atoms with Crippen molar-refractivity contribution in [3.05, 3.63) is 77.9 Å². The number of rotatable bonds is 5. The molecular weight excluding hydrogens is 398 g/mol. The summed E-state index contributed by atoms with van der Waals surface area (Å²) in [6.45, 7) is 4.18. The fraction of sp³-hybridized carbons (Fsp3) is 0.333. The molecule has 5 nitrogen and oxygen atoms in total. The lowest BCUT2D eigenvalue weighted by Crippen LogP contribution is -2.48. The van der Waals surface area contributed by atoms with Gasteiger partial charge in [0.2, 0.25) is 11.8 Å². The van der Waals surface area contributed by atoms with Crippen molar-refractivity contribution in [3.8, 4) is 0 Å². The molecule has 3 aromatic rings. The number of hydrogen-bond acceptors (Lipinski definition) is 3. The van der Waals surface area contributed by atoms with Crippen molar-refractivity contribution >= 4 is 28.3 Å². The molecule has 0 bridgehead atoms. The van der Waals surface area contributed by atoms with E-state index in [2.05, 4.69) is 58.7 Å². The Morgan fingerprint density at radius 2 is 1.66 bits per heavy atom. The number of para-hydroxylation sites is 1. The van der Waals surface area contributed by atoms with Crippen molar-refractivity contribution in [2.45, 2.75) is 25.8 Å². The standard InChI is InChI=1S/C27H29N3O2/c31-26(13-12-22-18-21-7-2-4-11-25(21)28-27(22)32)30-16-14-29(15-17-30)19-23-9-5-8-20-6-1-3-10-24(20)23/h1-11,22H,12-19H2,(H,28,32). The van der Waals surface area contributed by atoms with Crippen molar-refractivity contribution in [2.24, 2.45) is 5.92 Å². The molecule has 1 saturated heterocycles. The number of benzene rings is 3. The van der Waals surface area contributed by atoms with Gasteiger partial charge >= 0.3 is 0 Å². The van der Waals surface area contributed by atoms with Crippen LogP contribution < -0.4 is 5.32 Å². The number of amides is 2. The Labute approximate surface area is 189 Å². The fourth-order valence-electron chi connectivity index (χ4n) is 4.93. The second-order valence-corrected chi connectivity index (χ2v) is 8.88. The monoisotopic (exact) mass is 427 g/mol. The molecule has 3 aromatic carbocycles. The zero-order chi connectivity index (χ0) is 21.9. The van der Waals surface area contributed by atoms with E-state index in [1.807, 2.05) is 23.1 Å². The van der Waals surface area contributed by atoms with Gasteiger partial charge in [-0.1, -0.05) is 60.7 Å². The third-order valence-corrected chi connectivity index (χ3v) is 6.82. The number of fused-ring (bicyclic) bond motifs is 2. The van der Waals surface area contributed by atoms with E-state index < -0.39 is 0 Å². The molecule has 5 heteroatoms. The Morgan fingerprint density at radius 1 is 0.906 bits per heavy atom. The highest BCUT2D eigenvalue weighted by molar-refractivity contribution is 5.96. The highest BCUT2D eigenvalue weighted by Gasteiger charge is 2.28. The van der Waals surface area contributed by atoms with Gasteiger partial charge in [-0.2, -0.15) is 0 Å². The summed E-state index contributed by atoms with van der Waals surface area (Å²) in [5.74, 6) is 0.0828. The predicted molar refractivity (Wildman–Crippen MR) is 127 cm³/mol. The number of nitrogens with zero attached hydrogens (tertiary/aromatic N) is 2. The molecule has 2 aliphatic heterocycles. The second-order valence-electron chi connectivity index (χ2n) is 8.88. The zero-order valence-corrected chi connectivity index (χ0v) is 18.3. The van der Waals surface area contributed by atoms with Crippen LogP contribution in [0.2, 0.25) is 0 Å². The maximum absolute atomic E-state index is 12.8. The summed E-state index contributed by atoms with van der Waals surface area (Å²) >= 11 is 0. The average Bonchev–Trinajstić information content (AvgIpc) is 2.83. The molecule has 32 heavy (non-hydrogen) atoms. The lowest BCUT2D eigenvalue weighted by molar-refractivity contribution is -0.133. The SMILES string of the molecule is O=C1Nc2ccccc2CC1CCC(=O)N1CCN(Cc2cccc3ccccc23)CC1. The maximum Gasteiger partial charge on any atom is 0.227 e. The van der Waals surface area contributed by atoms with Crippen LogP contribution in [0, 0.1) is 5.92 Å². The van der Waals surface area contributed by atoms with Crippen molar-refractivity contribution in [1.82, 2.24) is 9.80 Å². The smallest absolute Gasteiger partial charge is 0.227 e.